The summed E-state index contributed by atoms with van der Waals surface area (Å²) in [5.74, 6) is 0.221. The van der Waals surface area contributed by atoms with Gasteiger partial charge in [0.15, 0.2) is 0 Å². The lowest BCUT2D eigenvalue weighted by Gasteiger charge is -2.09. The van der Waals surface area contributed by atoms with Crippen LogP contribution in [0.4, 0.5) is 10.1 Å². The SMILES string of the molecule is O=C(CCc1ccccc1F)Nc1cccc(OCCn2cccn2)c1. The van der Waals surface area contributed by atoms with Gasteiger partial charge in [0.1, 0.15) is 18.2 Å². The van der Waals surface area contributed by atoms with E-state index in [4.69, 9.17) is 4.74 Å². The van der Waals surface area contributed by atoms with E-state index < -0.39 is 0 Å². The molecular formula is C20H20FN3O2. The van der Waals surface area contributed by atoms with Crippen molar-refractivity contribution in [2.45, 2.75) is 19.4 Å². The van der Waals surface area contributed by atoms with E-state index in [0.717, 1.165) is 0 Å². The Labute approximate surface area is 151 Å². The fourth-order valence-electron chi connectivity index (χ4n) is 2.53. The molecule has 1 heterocycles. The molecule has 1 amide bonds. The van der Waals surface area contributed by atoms with E-state index in [1.54, 1.807) is 41.2 Å². The molecule has 0 fully saturated rings. The second kappa shape index (κ2) is 8.80. The van der Waals surface area contributed by atoms with Crippen molar-refractivity contribution in [2.75, 3.05) is 11.9 Å². The van der Waals surface area contributed by atoms with Crippen LogP contribution in [0.2, 0.25) is 0 Å². The van der Waals surface area contributed by atoms with Gasteiger partial charge in [-0.2, -0.15) is 5.10 Å². The van der Waals surface area contributed by atoms with Gasteiger partial charge in [-0.15, -0.1) is 0 Å². The van der Waals surface area contributed by atoms with Gasteiger partial charge in [-0.25, -0.2) is 4.39 Å². The molecule has 1 aromatic heterocycles. The molecule has 0 aliphatic heterocycles. The zero-order chi connectivity index (χ0) is 18.2. The van der Waals surface area contributed by atoms with Crippen LogP contribution < -0.4 is 10.1 Å². The van der Waals surface area contributed by atoms with E-state index in [2.05, 4.69) is 10.4 Å². The Hall–Kier alpha value is -3.15. The van der Waals surface area contributed by atoms with E-state index in [1.807, 2.05) is 24.4 Å². The molecule has 0 atom stereocenters. The first kappa shape index (κ1) is 17.7. The first-order chi connectivity index (χ1) is 12.7. The highest BCUT2D eigenvalue weighted by molar-refractivity contribution is 5.91. The Balaban J connectivity index is 1.48. The second-order valence-corrected chi connectivity index (χ2v) is 5.79. The first-order valence-corrected chi connectivity index (χ1v) is 8.44. The Morgan fingerprint density at radius 2 is 2.04 bits per heavy atom. The van der Waals surface area contributed by atoms with Crippen LogP contribution in [0.3, 0.4) is 0 Å². The van der Waals surface area contributed by atoms with E-state index in [9.17, 15) is 9.18 Å². The maximum Gasteiger partial charge on any atom is 0.224 e. The third-order valence-electron chi connectivity index (χ3n) is 3.85. The number of aryl methyl sites for hydroxylation is 1. The molecule has 3 rings (SSSR count). The van der Waals surface area contributed by atoms with Crippen molar-refractivity contribution in [3.8, 4) is 5.75 Å². The monoisotopic (exact) mass is 353 g/mol. The highest BCUT2D eigenvalue weighted by atomic mass is 19.1. The number of ether oxygens (including phenoxy) is 1. The Bertz CT molecular complexity index is 850. The van der Waals surface area contributed by atoms with Crippen molar-refractivity contribution in [3.05, 3.63) is 78.4 Å². The average Bonchev–Trinajstić information content (AvgIpc) is 3.15. The third-order valence-corrected chi connectivity index (χ3v) is 3.85. The molecule has 0 saturated heterocycles. The molecule has 26 heavy (non-hydrogen) atoms. The summed E-state index contributed by atoms with van der Waals surface area (Å²) >= 11 is 0. The van der Waals surface area contributed by atoms with Gasteiger partial charge in [-0.3, -0.25) is 9.48 Å². The van der Waals surface area contributed by atoms with Crippen LogP contribution in [-0.4, -0.2) is 22.3 Å². The highest BCUT2D eigenvalue weighted by Gasteiger charge is 2.07. The Kier molecular flexibility index (Phi) is 5.98. The summed E-state index contributed by atoms with van der Waals surface area (Å²) in [6.07, 6.45) is 4.16. The summed E-state index contributed by atoms with van der Waals surface area (Å²) in [7, 11) is 0. The molecular weight excluding hydrogens is 333 g/mol. The molecule has 1 N–H and O–H groups in total. The number of nitrogens with zero attached hydrogens (tertiary/aromatic N) is 2. The number of carbonyl (C=O) groups excluding carboxylic acids is 1. The van der Waals surface area contributed by atoms with Crippen LogP contribution >= 0.6 is 0 Å². The van der Waals surface area contributed by atoms with Crippen molar-refractivity contribution >= 4 is 11.6 Å². The predicted octanol–water partition coefficient (Wildman–Crippen LogP) is 3.67. The van der Waals surface area contributed by atoms with E-state index >= 15 is 0 Å². The lowest BCUT2D eigenvalue weighted by molar-refractivity contribution is -0.116. The summed E-state index contributed by atoms with van der Waals surface area (Å²) in [6.45, 7) is 1.12. The van der Waals surface area contributed by atoms with Gasteiger partial charge in [0.2, 0.25) is 5.91 Å². The van der Waals surface area contributed by atoms with Crippen LogP contribution in [0.15, 0.2) is 67.0 Å². The number of rotatable bonds is 8. The van der Waals surface area contributed by atoms with E-state index in [1.165, 1.54) is 6.07 Å². The molecule has 5 nitrogen and oxygen atoms in total. The van der Waals surface area contributed by atoms with Crippen LogP contribution in [0, 0.1) is 5.82 Å². The van der Waals surface area contributed by atoms with Crippen LogP contribution in [0.5, 0.6) is 5.75 Å². The number of benzene rings is 2. The van der Waals surface area contributed by atoms with Crippen molar-refractivity contribution in [1.29, 1.82) is 0 Å². The van der Waals surface area contributed by atoms with E-state index in [0.29, 0.717) is 36.6 Å². The molecule has 0 saturated carbocycles. The lowest BCUT2D eigenvalue weighted by atomic mass is 10.1. The zero-order valence-corrected chi connectivity index (χ0v) is 14.3. The molecule has 2 aromatic carbocycles. The maximum atomic E-state index is 13.6. The number of aromatic nitrogens is 2. The molecule has 3 aromatic rings. The number of hydrogen-bond donors (Lipinski definition) is 1. The topological polar surface area (TPSA) is 56.1 Å². The number of carbonyl (C=O) groups is 1. The highest BCUT2D eigenvalue weighted by Crippen LogP contribution is 2.18. The minimum Gasteiger partial charge on any atom is -0.492 e. The van der Waals surface area contributed by atoms with Gasteiger partial charge >= 0.3 is 0 Å². The molecule has 0 aliphatic carbocycles. The minimum atomic E-state index is -0.284. The lowest BCUT2D eigenvalue weighted by Crippen LogP contribution is -2.13. The van der Waals surface area contributed by atoms with Crippen molar-refractivity contribution < 1.29 is 13.9 Å². The van der Waals surface area contributed by atoms with Crippen molar-refractivity contribution in [2.24, 2.45) is 0 Å². The van der Waals surface area contributed by atoms with Gasteiger partial charge in [0, 0.05) is 30.6 Å². The molecule has 0 radical (unpaired) electrons. The molecule has 0 bridgehead atoms. The number of halogens is 1. The predicted molar refractivity (Wildman–Crippen MR) is 97.5 cm³/mol. The van der Waals surface area contributed by atoms with Gasteiger partial charge in [-0.05, 0) is 36.2 Å². The fraction of sp³-hybridized carbons (Fsp3) is 0.200. The molecule has 6 heteroatoms. The number of nitrogens with one attached hydrogen (secondary N) is 1. The minimum absolute atomic E-state index is 0.165. The van der Waals surface area contributed by atoms with Gasteiger partial charge in [-0.1, -0.05) is 24.3 Å². The maximum absolute atomic E-state index is 13.6. The largest absolute Gasteiger partial charge is 0.492 e. The summed E-state index contributed by atoms with van der Waals surface area (Å²) < 4.78 is 21.1. The number of anilines is 1. The summed E-state index contributed by atoms with van der Waals surface area (Å²) in [6, 6.07) is 15.6. The first-order valence-electron chi connectivity index (χ1n) is 8.44. The van der Waals surface area contributed by atoms with Crippen molar-refractivity contribution in [1.82, 2.24) is 9.78 Å². The standard InChI is InChI=1S/C20H20FN3O2/c21-19-8-2-1-5-16(19)9-10-20(25)23-17-6-3-7-18(15-17)26-14-13-24-12-4-11-22-24/h1-8,11-12,15H,9-10,13-14H2,(H,23,25). The number of hydrogen-bond acceptors (Lipinski definition) is 3. The molecule has 0 unspecified atom stereocenters. The summed E-state index contributed by atoms with van der Waals surface area (Å²) in [5.41, 5.74) is 1.19. The average molecular weight is 353 g/mol. The Morgan fingerprint density at radius 3 is 2.85 bits per heavy atom. The van der Waals surface area contributed by atoms with Crippen LogP contribution in [0.1, 0.15) is 12.0 Å². The fourth-order valence-corrected chi connectivity index (χ4v) is 2.53. The third kappa shape index (κ3) is 5.17. The van der Waals surface area contributed by atoms with Crippen LogP contribution in [-0.2, 0) is 17.8 Å². The molecule has 0 aliphatic rings. The summed E-state index contributed by atoms with van der Waals surface area (Å²) in [4.78, 5) is 12.1. The van der Waals surface area contributed by atoms with Gasteiger partial charge in [0.05, 0.1) is 6.54 Å². The van der Waals surface area contributed by atoms with Crippen molar-refractivity contribution in [3.63, 3.8) is 0 Å². The zero-order valence-electron chi connectivity index (χ0n) is 14.3. The second-order valence-electron chi connectivity index (χ2n) is 5.79. The normalized spacial score (nSPS) is 10.5. The van der Waals surface area contributed by atoms with Gasteiger partial charge < -0.3 is 10.1 Å². The van der Waals surface area contributed by atoms with Gasteiger partial charge in [0.25, 0.3) is 0 Å². The van der Waals surface area contributed by atoms with E-state index in [-0.39, 0.29) is 18.1 Å². The quantitative estimate of drug-likeness (QED) is 0.672. The number of amides is 1. The molecule has 134 valence electrons. The summed E-state index contributed by atoms with van der Waals surface area (Å²) in [5, 5.41) is 6.93. The smallest absolute Gasteiger partial charge is 0.224 e. The van der Waals surface area contributed by atoms with Crippen LogP contribution in [0.25, 0.3) is 0 Å². The Morgan fingerprint density at radius 1 is 1.15 bits per heavy atom. The molecule has 0 spiro atoms.